The fourth-order valence-corrected chi connectivity index (χ4v) is 2.34. The Balaban J connectivity index is 3.98. The molecule has 0 aliphatic carbocycles. The highest BCUT2D eigenvalue weighted by molar-refractivity contribution is 5.72. The van der Waals surface area contributed by atoms with Gasteiger partial charge < -0.3 is 4.74 Å². The fourth-order valence-electron chi connectivity index (χ4n) is 2.34. The van der Waals surface area contributed by atoms with Crippen LogP contribution in [-0.2, 0) is 9.53 Å². The molecule has 0 radical (unpaired) electrons. The Bertz CT molecular complexity index is 211. The van der Waals surface area contributed by atoms with Gasteiger partial charge in [-0.1, -0.05) is 65.2 Å². The van der Waals surface area contributed by atoms with Crippen molar-refractivity contribution in [3.8, 4) is 0 Å². The first-order chi connectivity index (χ1) is 9.11. The normalized spacial score (nSPS) is 12.7. The maximum Gasteiger partial charge on any atom is 0.309 e. The number of hydrogen-bond donors (Lipinski definition) is 0. The lowest BCUT2D eigenvalue weighted by molar-refractivity contribution is -0.153. The topological polar surface area (TPSA) is 26.3 Å². The minimum atomic E-state index is 0.0151. The van der Waals surface area contributed by atoms with Crippen LogP contribution in [0.25, 0.3) is 0 Å². The Morgan fingerprint density at radius 2 is 1.32 bits per heavy atom. The average Bonchev–Trinajstić information content (AvgIpc) is 2.35. The highest BCUT2D eigenvalue weighted by Gasteiger charge is 2.20. The summed E-state index contributed by atoms with van der Waals surface area (Å²) < 4.78 is 5.38. The minimum absolute atomic E-state index is 0.0151. The second-order valence-corrected chi connectivity index (χ2v) is 5.88. The van der Waals surface area contributed by atoms with Crippen molar-refractivity contribution in [1.82, 2.24) is 0 Å². The number of ether oxygens (including phenoxy) is 1. The molecule has 0 fully saturated rings. The van der Waals surface area contributed by atoms with E-state index < -0.39 is 0 Å². The third-order valence-electron chi connectivity index (χ3n) is 3.50. The van der Waals surface area contributed by atoms with Gasteiger partial charge in [0.2, 0.25) is 0 Å². The van der Waals surface area contributed by atoms with E-state index in [9.17, 15) is 4.79 Å². The van der Waals surface area contributed by atoms with E-state index in [0.717, 1.165) is 19.3 Å². The smallest absolute Gasteiger partial charge is 0.309 e. The fraction of sp³-hybridized carbons (Fsp3) is 0.941. The van der Waals surface area contributed by atoms with Crippen LogP contribution in [0.2, 0.25) is 0 Å². The van der Waals surface area contributed by atoms with Gasteiger partial charge in [-0.15, -0.1) is 0 Å². The zero-order chi connectivity index (χ0) is 14.5. The van der Waals surface area contributed by atoms with Crippen LogP contribution < -0.4 is 0 Å². The molecule has 0 aromatic heterocycles. The van der Waals surface area contributed by atoms with E-state index in [1.165, 1.54) is 44.9 Å². The van der Waals surface area contributed by atoms with Gasteiger partial charge in [0.05, 0.1) is 12.0 Å². The number of carbonyl (C=O) groups excluding carboxylic acids is 1. The van der Waals surface area contributed by atoms with Crippen molar-refractivity contribution in [2.45, 2.75) is 98.0 Å². The van der Waals surface area contributed by atoms with Gasteiger partial charge in [0.15, 0.2) is 0 Å². The van der Waals surface area contributed by atoms with Crippen LogP contribution in [-0.4, -0.2) is 12.1 Å². The average molecular weight is 270 g/mol. The van der Waals surface area contributed by atoms with Crippen LogP contribution >= 0.6 is 0 Å². The summed E-state index contributed by atoms with van der Waals surface area (Å²) in [5.74, 6) is 0.164. The summed E-state index contributed by atoms with van der Waals surface area (Å²) in [6.45, 7) is 8.30. The highest BCUT2D eigenvalue weighted by atomic mass is 16.5. The summed E-state index contributed by atoms with van der Waals surface area (Å²) in [6, 6.07) is 0. The van der Waals surface area contributed by atoms with Crippen LogP contribution in [0.4, 0.5) is 0 Å². The molecule has 0 rings (SSSR count). The Hall–Kier alpha value is -0.530. The quantitative estimate of drug-likeness (QED) is 0.346. The lowest BCUT2D eigenvalue weighted by Crippen LogP contribution is -2.21. The van der Waals surface area contributed by atoms with Gasteiger partial charge in [-0.3, -0.25) is 4.79 Å². The number of unbranched alkanes of at least 4 members (excludes halogenated alkanes) is 6. The summed E-state index contributed by atoms with van der Waals surface area (Å²) in [5, 5.41) is 0. The number of hydrogen-bond acceptors (Lipinski definition) is 2. The van der Waals surface area contributed by atoms with Gasteiger partial charge >= 0.3 is 5.97 Å². The van der Waals surface area contributed by atoms with Gasteiger partial charge in [0.1, 0.15) is 0 Å². The van der Waals surface area contributed by atoms with E-state index in [1.807, 2.05) is 13.8 Å². The molecule has 0 heterocycles. The van der Waals surface area contributed by atoms with Gasteiger partial charge in [-0.2, -0.15) is 0 Å². The van der Waals surface area contributed by atoms with Gasteiger partial charge in [-0.05, 0) is 26.7 Å². The molecule has 0 spiro atoms. The molecule has 0 aromatic rings. The summed E-state index contributed by atoms with van der Waals surface area (Å²) in [6.07, 6.45) is 11.9. The number of esters is 1. The van der Waals surface area contributed by atoms with E-state index in [4.69, 9.17) is 4.74 Å². The molecule has 0 amide bonds. The molecule has 0 saturated heterocycles. The largest absolute Gasteiger partial charge is 0.463 e. The number of rotatable bonds is 12. The molecule has 0 aliphatic heterocycles. The summed E-state index contributed by atoms with van der Waals surface area (Å²) in [4.78, 5) is 12.0. The van der Waals surface area contributed by atoms with E-state index in [2.05, 4.69) is 13.8 Å². The van der Waals surface area contributed by atoms with E-state index >= 15 is 0 Å². The van der Waals surface area contributed by atoms with Crippen molar-refractivity contribution in [1.29, 1.82) is 0 Å². The molecule has 1 atom stereocenters. The first-order valence-electron chi connectivity index (χ1n) is 8.32. The highest BCUT2D eigenvalue weighted by Crippen LogP contribution is 2.20. The monoisotopic (exact) mass is 270 g/mol. The van der Waals surface area contributed by atoms with Crippen molar-refractivity contribution < 1.29 is 9.53 Å². The van der Waals surface area contributed by atoms with Crippen LogP contribution in [0.15, 0.2) is 0 Å². The lowest BCUT2D eigenvalue weighted by atomic mass is 9.94. The second-order valence-electron chi connectivity index (χ2n) is 5.88. The summed E-state index contributed by atoms with van der Waals surface area (Å²) in [7, 11) is 0. The van der Waals surface area contributed by atoms with Crippen LogP contribution in [0.1, 0.15) is 91.9 Å². The van der Waals surface area contributed by atoms with Crippen molar-refractivity contribution in [2.24, 2.45) is 5.92 Å². The van der Waals surface area contributed by atoms with Crippen LogP contribution in [0, 0.1) is 5.92 Å². The molecule has 1 unspecified atom stereocenters. The third kappa shape index (κ3) is 11.0. The van der Waals surface area contributed by atoms with Crippen LogP contribution in [0.3, 0.4) is 0 Å². The van der Waals surface area contributed by atoms with Crippen molar-refractivity contribution >= 4 is 5.97 Å². The predicted molar refractivity (Wildman–Crippen MR) is 82.2 cm³/mol. The first kappa shape index (κ1) is 18.5. The van der Waals surface area contributed by atoms with Crippen molar-refractivity contribution in [3.05, 3.63) is 0 Å². The Labute approximate surface area is 120 Å². The molecule has 2 nitrogen and oxygen atoms in total. The zero-order valence-electron chi connectivity index (χ0n) is 13.5. The Morgan fingerprint density at radius 1 is 0.842 bits per heavy atom. The predicted octanol–water partition coefficient (Wildman–Crippen LogP) is 5.50. The zero-order valence-corrected chi connectivity index (χ0v) is 13.5. The van der Waals surface area contributed by atoms with E-state index in [-0.39, 0.29) is 18.0 Å². The first-order valence-corrected chi connectivity index (χ1v) is 8.32. The molecule has 0 N–H and O–H groups in total. The number of carbonyl (C=O) groups is 1. The molecule has 0 bridgehead atoms. The maximum absolute atomic E-state index is 12.0. The Kier molecular flexibility index (Phi) is 12.2. The third-order valence-corrected chi connectivity index (χ3v) is 3.50. The summed E-state index contributed by atoms with van der Waals surface area (Å²) >= 11 is 0. The van der Waals surface area contributed by atoms with E-state index in [0.29, 0.717) is 0 Å². The van der Waals surface area contributed by atoms with Crippen LogP contribution in [0.5, 0.6) is 0 Å². The molecule has 2 heteroatoms. The van der Waals surface area contributed by atoms with E-state index in [1.54, 1.807) is 0 Å². The van der Waals surface area contributed by atoms with Crippen molar-refractivity contribution in [3.63, 3.8) is 0 Å². The molecular weight excluding hydrogens is 236 g/mol. The van der Waals surface area contributed by atoms with Crippen molar-refractivity contribution in [2.75, 3.05) is 0 Å². The molecule has 0 aliphatic rings. The van der Waals surface area contributed by atoms with Gasteiger partial charge in [-0.25, -0.2) is 0 Å². The molecule has 0 aromatic carbocycles. The minimum Gasteiger partial charge on any atom is -0.463 e. The molecule has 0 saturated carbocycles. The lowest BCUT2D eigenvalue weighted by Gasteiger charge is -2.17. The standard InChI is InChI=1S/C17H34O2/c1-5-7-9-10-12-14-16(13-11-8-6-2)17(18)19-15(3)4/h15-16H,5-14H2,1-4H3. The second kappa shape index (κ2) is 12.5. The Morgan fingerprint density at radius 3 is 1.84 bits per heavy atom. The summed E-state index contributed by atoms with van der Waals surface area (Å²) in [5.41, 5.74) is 0. The van der Waals surface area contributed by atoms with Gasteiger partial charge in [0.25, 0.3) is 0 Å². The SMILES string of the molecule is CCCCCCCC(CCCCC)C(=O)OC(C)C. The molecular formula is C17H34O2. The van der Waals surface area contributed by atoms with Gasteiger partial charge in [0, 0.05) is 0 Å². The molecule has 19 heavy (non-hydrogen) atoms. The molecule has 114 valence electrons. The maximum atomic E-state index is 12.0.